The fourth-order valence-corrected chi connectivity index (χ4v) is 1.99. The van der Waals surface area contributed by atoms with Crippen molar-refractivity contribution < 1.29 is 28.1 Å². The molecule has 112 valence electrons. The lowest BCUT2D eigenvalue weighted by molar-refractivity contribution is -0.138. The summed E-state index contributed by atoms with van der Waals surface area (Å²) in [5.74, 6) is -0.584. The lowest BCUT2D eigenvalue weighted by Crippen LogP contribution is -2.06. The van der Waals surface area contributed by atoms with Crippen LogP contribution in [0.1, 0.15) is 16.7 Å². The van der Waals surface area contributed by atoms with Gasteiger partial charge in [-0.25, -0.2) is 0 Å². The molecule has 2 rings (SSSR count). The van der Waals surface area contributed by atoms with Crippen LogP contribution >= 0.6 is 0 Å². The number of benzene rings is 2. The first-order chi connectivity index (χ1) is 9.81. The summed E-state index contributed by atoms with van der Waals surface area (Å²) in [4.78, 5) is 0. The van der Waals surface area contributed by atoms with Gasteiger partial charge in [-0.1, -0.05) is 12.1 Å². The molecule has 6 heteroatoms. The molecule has 21 heavy (non-hydrogen) atoms. The molecule has 0 fully saturated rings. The first kappa shape index (κ1) is 15.0. The van der Waals surface area contributed by atoms with Gasteiger partial charge in [0.05, 0.1) is 12.7 Å². The zero-order valence-electron chi connectivity index (χ0n) is 11.1. The Morgan fingerprint density at radius 1 is 0.952 bits per heavy atom. The zero-order valence-corrected chi connectivity index (χ0v) is 11.1. The molecule has 0 bridgehead atoms. The van der Waals surface area contributed by atoms with Crippen LogP contribution in [0.5, 0.6) is 17.2 Å². The number of hydrogen-bond donors (Lipinski definition) is 2. The van der Waals surface area contributed by atoms with Crippen LogP contribution in [-0.4, -0.2) is 17.3 Å². The molecule has 0 aliphatic carbocycles. The number of halogens is 3. The third-order valence-corrected chi connectivity index (χ3v) is 3.02. The Labute approximate surface area is 119 Å². The van der Waals surface area contributed by atoms with Gasteiger partial charge in [0, 0.05) is 0 Å². The highest BCUT2D eigenvalue weighted by Crippen LogP contribution is 2.36. The topological polar surface area (TPSA) is 49.7 Å². The fraction of sp³-hybridized carbons (Fsp3) is 0.200. The molecule has 2 N–H and O–H groups in total. The van der Waals surface area contributed by atoms with Crippen molar-refractivity contribution in [3.8, 4) is 17.2 Å². The van der Waals surface area contributed by atoms with Crippen molar-refractivity contribution in [2.24, 2.45) is 0 Å². The van der Waals surface area contributed by atoms with Crippen molar-refractivity contribution in [2.45, 2.75) is 12.6 Å². The molecule has 2 aromatic rings. The van der Waals surface area contributed by atoms with Crippen molar-refractivity contribution >= 4 is 0 Å². The van der Waals surface area contributed by atoms with E-state index in [-0.39, 0.29) is 17.9 Å². The quantitative estimate of drug-likeness (QED) is 0.908. The lowest BCUT2D eigenvalue weighted by atomic mass is 10.0. The van der Waals surface area contributed by atoms with E-state index in [9.17, 15) is 23.4 Å². The average molecular weight is 298 g/mol. The Bertz CT molecular complexity index is 651. The van der Waals surface area contributed by atoms with E-state index < -0.39 is 17.5 Å². The Hall–Kier alpha value is -2.37. The molecule has 3 nitrogen and oxygen atoms in total. The molecule has 0 saturated heterocycles. The molecule has 0 atom stereocenters. The molecular weight excluding hydrogens is 285 g/mol. The largest absolute Gasteiger partial charge is 0.507 e. The van der Waals surface area contributed by atoms with Crippen LogP contribution in [0.2, 0.25) is 0 Å². The van der Waals surface area contributed by atoms with Gasteiger partial charge in [0.25, 0.3) is 0 Å². The summed E-state index contributed by atoms with van der Waals surface area (Å²) in [6, 6.07) is 7.92. The minimum Gasteiger partial charge on any atom is -0.507 e. The number of rotatable bonds is 3. The van der Waals surface area contributed by atoms with Crippen LogP contribution in [-0.2, 0) is 12.6 Å². The summed E-state index contributed by atoms with van der Waals surface area (Å²) in [6.07, 6.45) is -4.38. The highest BCUT2D eigenvalue weighted by atomic mass is 19.4. The molecule has 0 unspecified atom stereocenters. The van der Waals surface area contributed by atoms with Crippen molar-refractivity contribution in [1.82, 2.24) is 0 Å². The predicted molar refractivity (Wildman–Crippen MR) is 70.6 cm³/mol. The van der Waals surface area contributed by atoms with Crippen LogP contribution in [0, 0.1) is 0 Å². The molecule has 0 aliphatic heterocycles. The molecule has 2 aromatic carbocycles. The lowest BCUT2D eigenvalue weighted by Gasteiger charge is -2.11. The molecule has 0 aliphatic rings. The minimum absolute atomic E-state index is 0.0389. The fourth-order valence-electron chi connectivity index (χ4n) is 1.99. The van der Waals surface area contributed by atoms with Gasteiger partial charge >= 0.3 is 6.18 Å². The first-order valence-corrected chi connectivity index (χ1v) is 6.06. The monoisotopic (exact) mass is 298 g/mol. The van der Waals surface area contributed by atoms with Gasteiger partial charge in [-0.15, -0.1) is 0 Å². The van der Waals surface area contributed by atoms with Gasteiger partial charge in [-0.3, -0.25) is 0 Å². The third-order valence-electron chi connectivity index (χ3n) is 3.02. The Morgan fingerprint density at radius 2 is 1.52 bits per heavy atom. The maximum atomic E-state index is 12.7. The molecule has 0 radical (unpaired) electrons. The van der Waals surface area contributed by atoms with Gasteiger partial charge in [0.15, 0.2) is 11.5 Å². The van der Waals surface area contributed by atoms with Crippen molar-refractivity contribution in [3.63, 3.8) is 0 Å². The third kappa shape index (κ3) is 3.39. The van der Waals surface area contributed by atoms with Gasteiger partial charge in [-0.2, -0.15) is 13.2 Å². The first-order valence-electron chi connectivity index (χ1n) is 6.06. The number of phenolic OH excluding ortho intramolecular Hbond substituents is 2. The van der Waals surface area contributed by atoms with E-state index in [1.807, 2.05) is 0 Å². The maximum Gasteiger partial charge on any atom is 0.419 e. The summed E-state index contributed by atoms with van der Waals surface area (Å²) in [6.45, 7) is 0. The molecule has 0 saturated carbocycles. The second kappa shape index (κ2) is 5.55. The van der Waals surface area contributed by atoms with Crippen LogP contribution in [0.25, 0.3) is 0 Å². The van der Waals surface area contributed by atoms with E-state index >= 15 is 0 Å². The van der Waals surface area contributed by atoms with E-state index in [0.717, 1.165) is 12.1 Å². The number of phenols is 2. The van der Waals surface area contributed by atoms with Gasteiger partial charge in [0.2, 0.25) is 0 Å². The summed E-state index contributed by atoms with van der Waals surface area (Å²) >= 11 is 0. The second-order valence-electron chi connectivity index (χ2n) is 4.53. The maximum absolute atomic E-state index is 12.7. The zero-order chi connectivity index (χ0) is 15.6. The summed E-state index contributed by atoms with van der Waals surface area (Å²) in [5.41, 5.74) is 0.0158. The van der Waals surface area contributed by atoms with Gasteiger partial charge in [-0.05, 0) is 41.8 Å². The van der Waals surface area contributed by atoms with Crippen molar-refractivity contribution in [1.29, 1.82) is 0 Å². The van der Waals surface area contributed by atoms with E-state index in [1.54, 1.807) is 12.1 Å². The number of hydrogen-bond acceptors (Lipinski definition) is 3. The Kier molecular flexibility index (Phi) is 3.97. The van der Waals surface area contributed by atoms with Gasteiger partial charge < -0.3 is 14.9 Å². The van der Waals surface area contributed by atoms with Crippen molar-refractivity contribution in [3.05, 3.63) is 53.1 Å². The van der Waals surface area contributed by atoms with E-state index in [2.05, 4.69) is 0 Å². The molecule has 0 heterocycles. The van der Waals surface area contributed by atoms with Crippen LogP contribution < -0.4 is 4.74 Å². The Morgan fingerprint density at radius 3 is 2.10 bits per heavy atom. The SMILES string of the molecule is COc1cc(Cc2ccc(O)c(C(F)(F)F)c2)ccc1O. The van der Waals surface area contributed by atoms with Gasteiger partial charge in [0.1, 0.15) is 5.75 Å². The second-order valence-corrected chi connectivity index (χ2v) is 4.53. The average Bonchev–Trinajstić information content (AvgIpc) is 2.42. The van der Waals surface area contributed by atoms with E-state index in [4.69, 9.17) is 4.74 Å². The Balaban J connectivity index is 2.32. The van der Waals surface area contributed by atoms with E-state index in [1.165, 1.54) is 19.2 Å². The smallest absolute Gasteiger partial charge is 0.419 e. The number of methoxy groups -OCH3 is 1. The van der Waals surface area contributed by atoms with Crippen LogP contribution in [0.4, 0.5) is 13.2 Å². The summed E-state index contributed by atoms with van der Waals surface area (Å²) in [5, 5.41) is 18.8. The molecule has 0 aromatic heterocycles. The summed E-state index contributed by atoms with van der Waals surface area (Å²) in [7, 11) is 1.39. The molecule has 0 amide bonds. The summed E-state index contributed by atoms with van der Waals surface area (Å²) < 4.78 is 43.1. The number of alkyl halides is 3. The van der Waals surface area contributed by atoms with Crippen molar-refractivity contribution in [2.75, 3.05) is 7.11 Å². The highest BCUT2D eigenvalue weighted by Gasteiger charge is 2.33. The molecule has 0 spiro atoms. The molecular formula is C15H13F3O3. The normalized spacial score (nSPS) is 11.4. The number of aromatic hydroxyl groups is 2. The highest BCUT2D eigenvalue weighted by molar-refractivity contribution is 5.44. The van der Waals surface area contributed by atoms with Crippen LogP contribution in [0.3, 0.4) is 0 Å². The standard InChI is InChI=1S/C15H13F3O3/c1-21-14-8-10(3-5-13(14)20)6-9-2-4-12(19)11(7-9)15(16,17)18/h2-5,7-8,19-20H,6H2,1H3. The van der Waals surface area contributed by atoms with E-state index in [0.29, 0.717) is 11.1 Å². The predicted octanol–water partition coefficient (Wildman–Crippen LogP) is 3.72. The minimum atomic E-state index is -4.60. The number of ether oxygens (including phenoxy) is 1. The van der Waals surface area contributed by atoms with Crippen LogP contribution in [0.15, 0.2) is 36.4 Å².